The van der Waals surface area contributed by atoms with Crippen molar-refractivity contribution in [2.75, 3.05) is 26.7 Å². The molecular formula is C21H30N4O. The molecule has 2 aromatic rings. The number of rotatable bonds is 5. The Kier molecular flexibility index (Phi) is 5.77. The zero-order valence-electron chi connectivity index (χ0n) is 16.3. The topological polar surface area (TPSA) is 52.2 Å². The highest BCUT2D eigenvalue weighted by Gasteiger charge is 2.26. The number of nitrogens with zero attached hydrogens (tertiary/aromatic N) is 3. The van der Waals surface area contributed by atoms with Crippen LogP contribution in [0.15, 0.2) is 30.3 Å². The highest BCUT2D eigenvalue weighted by atomic mass is 16.2. The van der Waals surface area contributed by atoms with E-state index in [9.17, 15) is 4.79 Å². The minimum Gasteiger partial charge on any atom is -0.338 e. The SMILES string of the molecule is Cc1n[nH]c(C)c1[C@H](C)N(C)C(=O)CN1CCC(c2ccccc2)CC1. The van der Waals surface area contributed by atoms with Crippen molar-refractivity contribution < 1.29 is 4.79 Å². The van der Waals surface area contributed by atoms with Crippen molar-refractivity contribution in [3.8, 4) is 0 Å². The molecule has 1 N–H and O–H groups in total. The summed E-state index contributed by atoms with van der Waals surface area (Å²) in [6.07, 6.45) is 2.24. The first-order chi connectivity index (χ1) is 12.5. The first-order valence-electron chi connectivity index (χ1n) is 9.51. The largest absolute Gasteiger partial charge is 0.338 e. The smallest absolute Gasteiger partial charge is 0.236 e. The third kappa shape index (κ3) is 3.98. The van der Waals surface area contributed by atoms with E-state index in [0.717, 1.165) is 42.9 Å². The van der Waals surface area contributed by atoms with Crippen LogP contribution in [0.4, 0.5) is 0 Å². The predicted octanol–water partition coefficient (Wildman–Crippen LogP) is 3.43. The first-order valence-corrected chi connectivity index (χ1v) is 9.51. The molecule has 1 aliphatic rings. The molecule has 5 nitrogen and oxygen atoms in total. The predicted molar refractivity (Wildman–Crippen MR) is 104 cm³/mol. The summed E-state index contributed by atoms with van der Waals surface area (Å²) >= 11 is 0. The third-order valence-corrected chi connectivity index (χ3v) is 5.79. The van der Waals surface area contributed by atoms with Gasteiger partial charge in [0.05, 0.1) is 18.3 Å². The molecule has 1 aliphatic heterocycles. The van der Waals surface area contributed by atoms with Crippen LogP contribution in [0.5, 0.6) is 0 Å². The number of hydrogen-bond acceptors (Lipinski definition) is 3. The summed E-state index contributed by atoms with van der Waals surface area (Å²) in [4.78, 5) is 16.9. The van der Waals surface area contributed by atoms with Gasteiger partial charge in [0.1, 0.15) is 0 Å². The number of aromatic amines is 1. The third-order valence-electron chi connectivity index (χ3n) is 5.79. The molecule has 0 bridgehead atoms. The molecule has 1 fully saturated rings. The molecule has 1 atom stereocenters. The number of likely N-dealkylation sites (N-methyl/N-ethyl adjacent to an activating group) is 1. The molecule has 1 amide bonds. The summed E-state index contributed by atoms with van der Waals surface area (Å²) in [5, 5.41) is 7.27. The lowest BCUT2D eigenvalue weighted by molar-refractivity contribution is -0.133. The Hall–Kier alpha value is -2.14. The Morgan fingerprint density at radius 2 is 1.92 bits per heavy atom. The van der Waals surface area contributed by atoms with Gasteiger partial charge < -0.3 is 4.90 Å². The molecule has 2 heterocycles. The minimum absolute atomic E-state index is 0.0307. The summed E-state index contributed by atoms with van der Waals surface area (Å²) in [6.45, 7) is 8.54. The lowest BCUT2D eigenvalue weighted by Crippen LogP contribution is -2.42. The fourth-order valence-electron chi connectivity index (χ4n) is 4.04. The number of likely N-dealkylation sites (tertiary alicyclic amines) is 1. The van der Waals surface area contributed by atoms with E-state index < -0.39 is 0 Å². The molecule has 0 spiro atoms. The molecule has 0 radical (unpaired) electrons. The monoisotopic (exact) mass is 354 g/mol. The van der Waals surface area contributed by atoms with Crippen molar-refractivity contribution in [3.05, 3.63) is 52.8 Å². The van der Waals surface area contributed by atoms with E-state index in [4.69, 9.17) is 0 Å². The van der Waals surface area contributed by atoms with Gasteiger partial charge in [-0.2, -0.15) is 5.10 Å². The second kappa shape index (κ2) is 8.04. The number of H-pyrrole nitrogens is 1. The van der Waals surface area contributed by atoms with Crippen LogP contribution in [0.3, 0.4) is 0 Å². The number of aromatic nitrogens is 2. The first kappa shape index (κ1) is 18.6. The van der Waals surface area contributed by atoms with Gasteiger partial charge in [-0.05, 0) is 58.2 Å². The van der Waals surface area contributed by atoms with E-state index in [1.54, 1.807) is 0 Å². The molecule has 0 unspecified atom stereocenters. The molecule has 1 aromatic heterocycles. The van der Waals surface area contributed by atoms with Crippen molar-refractivity contribution in [3.63, 3.8) is 0 Å². The van der Waals surface area contributed by atoms with Crippen LogP contribution in [-0.4, -0.2) is 52.6 Å². The lowest BCUT2D eigenvalue weighted by Gasteiger charge is -2.34. The van der Waals surface area contributed by atoms with Crippen molar-refractivity contribution in [1.29, 1.82) is 0 Å². The maximum Gasteiger partial charge on any atom is 0.236 e. The second-order valence-corrected chi connectivity index (χ2v) is 7.49. The van der Waals surface area contributed by atoms with Crippen molar-refractivity contribution >= 4 is 5.91 Å². The summed E-state index contributed by atoms with van der Waals surface area (Å²) in [5.74, 6) is 0.797. The van der Waals surface area contributed by atoms with Crippen LogP contribution < -0.4 is 0 Å². The molecule has 140 valence electrons. The molecule has 1 saturated heterocycles. The number of benzene rings is 1. The zero-order valence-corrected chi connectivity index (χ0v) is 16.3. The Bertz CT molecular complexity index is 712. The van der Waals surface area contributed by atoms with Crippen LogP contribution in [-0.2, 0) is 4.79 Å². The van der Waals surface area contributed by atoms with Gasteiger partial charge >= 0.3 is 0 Å². The van der Waals surface area contributed by atoms with E-state index in [1.165, 1.54) is 5.56 Å². The van der Waals surface area contributed by atoms with E-state index in [0.29, 0.717) is 12.5 Å². The van der Waals surface area contributed by atoms with Crippen LogP contribution >= 0.6 is 0 Å². The molecule has 0 saturated carbocycles. The standard InChI is InChI=1S/C21H30N4O/c1-15-21(16(2)23-22-15)17(3)24(4)20(26)14-25-12-10-19(11-13-25)18-8-6-5-7-9-18/h5-9,17,19H,10-14H2,1-4H3,(H,22,23)/t17-/m0/s1. The van der Waals surface area contributed by atoms with Gasteiger partial charge in [-0.1, -0.05) is 30.3 Å². The quantitative estimate of drug-likeness (QED) is 0.895. The lowest BCUT2D eigenvalue weighted by atomic mass is 9.89. The fourth-order valence-corrected chi connectivity index (χ4v) is 4.04. The second-order valence-electron chi connectivity index (χ2n) is 7.49. The Morgan fingerprint density at radius 1 is 1.27 bits per heavy atom. The molecule has 1 aromatic carbocycles. The van der Waals surface area contributed by atoms with Crippen molar-refractivity contribution in [1.82, 2.24) is 20.0 Å². The highest BCUT2D eigenvalue weighted by molar-refractivity contribution is 5.78. The number of carbonyl (C=O) groups is 1. The Morgan fingerprint density at radius 3 is 2.50 bits per heavy atom. The van der Waals surface area contributed by atoms with E-state index >= 15 is 0 Å². The summed E-state index contributed by atoms with van der Waals surface area (Å²) < 4.78 is 0. The normalized spacial score (nSPS) is 17.2. The van der Waals surface area contributed by atoms with Crippen molar-refractivity contribution in [2.45, 2.75) is 45.6 Å². The number of carbonyl (C=O) groups excluding carboxylic acids is 1. The van der Waals surface area contributed by atoms with Gasteiger partial charge in [-0.3, -0.25) is 14.8 Å². The molecule has 5 heteroatoms. The van der Waals surface area contributed by atoms with Crippen LogP contribution in [0.2, 0.25) is 0 Å². The maximum atomic E-state index is 12.8. The van der Waals surface area contributed by atoms with Gasteiger partial charge in [-0.25, -0.2) is 0 Å². The number of aryl methyl sites for hydroxylation is 2. The van der Waals surface area contributed by atoms with E-state index in [1.807, 2.05) is 25.8 Å². The average molecular weight is 354 g/mol. The molecule has 0 aliphatic carbocycles. The summed E-state index contributed by atoms with van der Waals surface area (Å²) in [7, 11) is 1.90. The van der Waals surface area contributed by atoms with E-state index in [2.05, 4.69) is 52.4 Å². The van der Waals surface area contributed by atoms with Crippen LogP contribution in [0.25, 0.3) is 0 Å². The molecular weight excluding hydrogens is 324 g/mol. The van der Waals surface area contributed by atoms with E-state index in [-0.39, 0.29) is 11.9 Å². The van der Waals surface area contributed by atoms with Crippen molar-refractivity contribution in [2.24, 2.45) is 0 Å². The van der Waals surface area contributed by atoms with Crippen LogP contribution in [0, 0.1) is 13.8 Å². The zero-order chi connectivity index (χ0) is 18.7. The number of nitrogens with one attached hydrogen (secondary N) is 1. The maximum absolute atomic E-state index is 12.8. The number of piperidine rings is 1. The molecule has 26 heavy (non-hydrogen) atoms. The Balaban J connectivity index is 1.54. The number of amides is 1. The van der Waals surface area contributed by atoms with Gasteiger partial charge in [0, 0.05) is 18.3 Å². The Labute approximate surface area is 156 Å². The fraction of sp³-hybridized carbons (Fsp3) is 0.524. The van der Waals surface area contributed by atoms with Gasteiger partial charge in [0.15, 0.2) is 0 Å². The van der Waals surface area contributed by atoms with Gasteiger partial charge in [0.25, 0.3) is 0 Å². The molecule has 3 rings (SSSR count). The number of hydrogen-bond donors (Lipinski definition) is 1. The van der Waals surface area contributed by atoms with Crippen LogP contribution in [0.1, 0.15) is 54.2 Å². The summed E-state index contributed by atoms with van der Waals surface area (Å²) in [5.41, 5.74) is 4.57. The van der Waals surface area contributed by atoms with Gasteiger partial charge in [0.2, 0.25) is 5.91 Å². The minimum atomic E-state index is 0.0307. The highest BCUT2D eigenvalue weighted by Crippen LogP contribution is 2.28. The summed E-state index contributed by atoms with van der Waals surface area (Å²) in [6, 6.07) is 10.8. The average Bonchev–Trinajstić information content (AvgIpc) is 3.00. The van der Waals surface area contributed by atoms with Gasteiger partial charge in [-0.15, -0.1) is 0 Å².